The molecule has 1 nitrogen and oxygen atoms in total. The molecular weight excluding hydrogens is 254 g/mol. The van der Waals surface area contributed by atoms with Crippen molar-refractivity contribution in [3.8, 4) is 11.1 Å². The van der Waals surface area contributed by atoms with Crippen molar-refractivity contribution < 1.29 is 0 Å². The number of fused-ring (bicyclic) bond motifs is 3. The largest absolute Gasteiger partial charge is 0.310 e. The van der Waals surface area contributed by atoms with E-state index in [4.69, 9.17) is 0 Å². The highest BCUT2D eigenvalue weighted by Crippen LogP contribution is 2.38. The molecule has 1 aliphatic rings. The fraction of sp³-hybridized carbons (Fsp3) is 0.400. The molecule has 0 fully saturated rings. The molecule has 1 aliphatic carbocycles. The Morgan fingerprint density at radius 1 is 1.00 bits per heavy atom. The fourth-order valence-corrected chi connectivity index (χ4v) is 3.41. The summed E-state index contributed by atoms with van der Waals surface area (Å²) in [5.41, 5.74) is 7.23. The highest BCUT2D eigenvalue weighted by atomic mass is 14.9. The Hall–Kier alpha value is -1.60. The molecule has 0 heterocycles. The second kappa shape index (κ2) is 6.03. The first kappa shape index (κ1) is 14.3. The van der Waals surface area contributed by atoms with Crippen LogP contribution in [0.1, 0.15) is 49.9 Å². The molecule has 2 aromatic rings. The van der Waals surface area contributed by atoms with Gasteiger partial charge in [-0.1, -0.05) is 57.2 Å². The minimum Gasteiger partial charge on any atom is -0.310 e. The van der Waals surface area contributed by atoms with Crippen LogP contribution in [0.15, 0.2) is 42.5 Å². The maximum absolute atomic E-state index is 3.65. The Balaban J connectivity index is 1.96. The lowest BCUT2D eigenvalue weighted by Crippen LogP contribution is -2.22. The Kier molecular flexibility index (Phi) is 4.12. The van der Waals surface area contributed by atoms with E-state index >= 15 is 0 Å². The van der Waals surface area contributed by atoms with Crippen LogP contribution in [0.5, 0.6) is 0 Å². The quantitative estimate of drug-likeness (QED) is 0.696. The van der Waals surface area contributed by atoms with Crippen LogP contribution in [0.25, 0.3) is 11.1 Å². The van der Waals surface area contributed by atoms with Gasteiger partial charge in [0.15, 0.2) is 0 Å². The molecule has 3 rings (SSSR count). The molecule has 0 saturated heterocycles. The van der Waals surface area contributed by atoms with Gasteiger partial charge in [0.1, 0.15) is 0 Å². The summed E-state index contributed by atoms with van der Waals surface area (Å²) in [6.07, 6.45) is 2.27. The van der Waals surface area contributed by atoms with E-state index in [1.54, 1.807) is 0 Å². The van der Waals surface area contributed by atoms with E-state index in [-0.39, 0.29) is 0 Å². The summed E-state index contributed by atoms with van der Waals surface area (Å²) in [5, 5.41) is 3.65. The van der Waals surface area contributed by atoms with Crippen LogP contribution in [0, 0.1) is 5.92 Å². The molecule has 2 aromatic carbocycles. The van der Waals surface area contributed by atoms with Gasteiger partial charge >= 0.3 is 0 Å². The van der Waals surface area contributed by atoms with Gasteiger partial charge in [-0.3, -0.25) is 0 Å². The molecule has 0 spiro atoms. The first-order valence-electron chi connectivity index (χ1n) is 8.13. The lowest BCUT2D eigenvalue weighted by molar-refractivity contribution is 0.438. The Morgan fingerprint density at radius 3 is 2.52 bits per heavy atom. The van der Waals surface area contributed by atoms with Crippen molar-refractivity contribution in [2.24, 2.45) is 5.92 Å². The van der Waals surface area contributed by atoms with Crippen LogP contribution in [-0.4, -0.2) is 6.54 Å². The fourth-order valence-electron chi connectivity index (χ4n) is 3.41. The molecule has 0 aromatic heterocycles. The minimum atomic E-state index is 0.466. The number of nitrogens with one attached hydrogen (secondary N) is 1. The third-order valence-electron chi connectivity index (χ3n) is 4.38. The van der Waals surface area contributed by atoms with Crippen molar-refractivity contribution >= 4 is 0 Å². The summed E-state index contributed by atoms with van der Waals surface area (Å²) in [6, 6.07) is 16.3. The van der Waals surface area contributed by atoms with Gasteiger partial charge in [-0.15, -0.1) is 0 Å². The molecule has 0 bridgehead atoms. The molecule has 110 valence electrons. The van der Waals surface area contributed by atoms with Gasteiger partial charge in [-0.25, -0.2) is 0 Å². The average Bonchev–Trinajstić information content (AvgIpc) is 2.84. The van der Waals surface area contributed by atoms with Gasteiger partial charge in [0.2, 0.25) is 0 Å². The third kappa shape index (κ3) is 2.89. The molecule has 0 saturated carbocycles. The van der Waals surface area contributed by atoms with Gasteiger partial charge in [0.05, 0.1) is 0 Å². The molecule has 1 N–H and O–H groups in total. The normalized spacial score (nSPS) is 14.1. The zero-order chi connectivity index (χ0) is 14.8. The van der Waals surface area contributed by atoms with Gasteiger partial charge < -0.3 is 5.32 Å². The van der Waals surface area contributed by atoms with Gasteiger partial charge in [-0.2, -0.15) is 0 Å². The molecule has 1 heteroatoms. The molecule has 0 radical (unpaired) electrons. The summed E-state index contributed by atoms with van der Waals surface area (Å²) in [7, 11) is 0. The zero-order valence-corrected chi connectivity index (χ0v) is 13.3. The lowest BCUT2D eigenvalue weighted by atomic mass is 9.93. The maximum atomic E-state index is 3.65. The van der Waals surface area contributed by atoms with E-state index in [0.717, 1.165) is 13.0 Å². The van der Waals surface area contributed by atoms with Crippen molar-refractivity contribution in [1.29, 1.82) is 0 Å². The van der Waals surface area contributed by atoms with E-state index in [0.29, 0.717) is 12.0 Å². The number of rotatable bonds is 5. The van der Waals surface area contributed by atoms with E-state index in [1.807, 2.05) is 0 Å². The summed E-state index contributed by atoms with van der Waals surface area (Å²) >= 11 is 0. The van der Waals surface area contributed by atoms with Gasteiger partial charge in [0, 0.05) is 6.04 Å². The van der Waals surface area contributed by atoms with E-state index in [9.17, 15) is 0 Å². The zero-order valence-electron chi connectivity index (χ0n) is 13.3. The standard InChI is InChI=1S/C20H25N/c1-4-21-20(11-14(2)3)17-10-9-16-12-15-7-5-6-8-18(15)19(16)13-17/h5-10,13-14,20-21H,4,11-12H2,1-3H3. The monoisotopic (exact) mass is 279 g/mol. The molecule has 1 atom stereocenters. The van der Waals surface area contributed by atoms with E-state index in [2.05, 4.69) is 68.6 Å². The average molecular weight is 279 g/mol. The SMILES string of the molecule is CCNC(CC(C)C)c1ccc2c(c1)-c1ccccc1C2. The second-order valence-corrected chi connectivity index (χ2v) is 6.49. The summed E-state index contributed by atoms with van der Waals surface area (Å²) in [6.45, 7) is 7.81. The van der Waals surface area contributed by atoms with Crippen LogP contribution < -0.4 is 5.32 Å². The maximum Gasteiger partial charge on any atom is 0.0322 e. The Bertz CT molecular complexity index is 627. The van der Waals surface area contributed by atoms with Crippen LogP contribution in [0.2, 0.25) is 0 Å². The van der Waals surface area contributed by atoms with E-state index in [1.165, 1.54) is 34.2 Å². The van der Waals surface area contributed by atoms with Crippen LogP contribution >= 0.6 is 0 Å². The first-order valence-corrected chi connectivity index (χ1v) is 8.13. The third-order valence-corrected chi connectivity index (χ3v) is 4.38. The molecule has 21 heavy (non-hydrogen) atoms. The molecule has 0 aliphatic heterocycles. The minimum absolute atomic E-state index is 0.466. The highest BCUT2D eigenvalue weighted by Gasteiger charge is 2.20. The Morgan fingerprint density at radius 2 is 1.76 bits per heavy atom. The summed E-state index contributed by atoms with van der Waals surface area (Å²) < 4.78 is 0. The van der Waals surface area contributed by atoms with Crippen LogP contribution in [0.4, 0.5) is 0 Å². The van der Waals surface area contributed by atoms with Gasteiger partial charge in [0.25, 0.3) is 0 Å². The van der Waals surface area contributed by atoms with Crippen molar-refractivity contribution in [2.45, 2.75) is 39.7 Å². The highest BCUT2D eigenvalue weighted by molar-refractivity contribution is 5.77. The summed E-state index contributed by atoms with van der Waals surface area (Å²) in [5.74, 6) is 0.703. The van der Waals surface area contributed by atoms with Crippen molar-refractivity contribution in [2.75, 3.05) is 6.54 Å². The second-order valence-electron chi connectivity index (χ2n) is 6.49. The predicted octanol–water partition coefficient (Wildman–Crippen LogP) is 4.95. The van der Waals surface area contributed by atoms with E-state index < -0.39 is 0 Å². The summed E-state index contributed by atoms with van der Waals surface area (Å²) in [4.78, 5) is 0. The number of hydrogen-bond acceptors (Lipinski definition) is 1. The predicted molar refractivity (Wildman–Crippen MR) is 90.6 cm³/mol. The topological polar surface area (TPSA) is 12.0 Å². The van der Waals surface area contributed by atoms with Gasteiger partial charge in [-0.05, 0) is 59.2 Å². The lowest BCUT2D eigenvalue weighted by Gasteiger charge is -2.21. The van der Waals surface area contributed by atoms with Crippen LogP contribution in [-0.2, 0) is 6.42 Å². The number of benzene rings is 2. The van der Waals surface area contributed by atoms with Crippen molar-refractivity contribution in [3.05, 3.63) is 59.2 Å². The smallest absolute Gasteiger partial charge is 0.0322 e. The van der Waals surface area contributed by atoms with Crippen molar-refractivity contribution in [3.63, 3.8) is 0 Å². The molecule has 0 amide bonds. The Labute approximate surface area is 128 Å². The van der Waals surface area contributed by atoms with Crippen molar-refractivity contribution in [1.82, 2.24) is 5.32 Å². The molecule has 1 unspecified atom stereocenters. The molecular formula is C20H25N. The number of hydrogen-bond donors (Lipinski definition) is 1. The van der Waals surface area contributed by atoms with Crippen LogP contribution in [0.3, 0.4) is 0 Å². The first-order chi connectivity index (χ1) is 10.2.